The number of ether oxygens (including phenoxy) is 1. The maximum atomic E-state index is 13.0. The number of aryl methyl sites for hydroxylation is 1. The van der Waals surface area contributed by atoms with Gasteiger partial charge in [0.2, 0.25) is 5.95 Å². The Morgan fingerprint density at radius 2 is 1.96 bits per heavy atom. The fraction of sp³-hybridized carbons (Fsp3) is 0.278. The van der Waals surface area contributed by atoms with E-state index in [9.17, 15) is 14.4 Å². The van der Waals surface area contributed by atoms with Crippen molar-refractivity contribution in [3.05, 3.63) is 67.9 Å². The molecule has 0 saturated heterocycles. The summed E-state index contributed by atoms with van der Waals surface area (Å²) in [4.78, 5) is 44.9. The van der Waals surface area contributed by atoms with E-state index in [2.05, 4.69) is 20.0 Å². The monoisotopic (exact) mass is 401 g/mol. The number of anilines is 2. The third-order valence-electron chi connectivity index (χ3n) is 4.03. The maximum Gasteiger partial charge on any atom is 0.354 e. The summed E-state index contributed by atoms with van der Waals surface area (Å²) in [6, 6.07) is 7.68. The van der Waals surface area contributed by atoms with Crippen LogP contribution in [-0.4, -0.2) is 32.2 Å². The topological polar surface area (TPSA) is 108 Å². The molecule has 3 rings (SSSR count). The number of nitrogens with zero attached hydrogens (tertiary/aromatic N) is 4. The summed E-state index contributed by atoms with van der Waals surface area (Å²) in [5.41, 5.74) is 0.657. The molecule has 0 saturated carbocycles. The average molecular weight is 401 g/mol. The molecule has 1 aromatic carbocycles. The van der Waals surface area contributed by atoms with Gasteiger partial charge in [0.15, 0.2) is 5.13 Å². The molecule has 1 N–H and O–H groups in total. The van der Waals surface area contributed by atoms with Crippen molar-refractivity contribution in [3.8, 4) is 0 Å². The van der Waals surface area contributed by atoms with Crippen LogP contribution in [0.1, 0.15) is 17.5 Å². The summed E-state index contributed by atoms with van der Waals surface area (Å²) in [7, 11) is 1.25. The maximum absolute atomic E-state index is 13.0. The van der Waals surface area contributed by atoms with E-state index in [0.717, 1.165) is 15.7 Å². The van der Waals surface area contributed by atoms with Crippen LogP contribution in [0, 0.1) is 6.92 Å². The third-order valence-corrected chi connectivity index (χ3v) is 4.72. The summed E-state index contributed by atoms with van der Waals surface area (Å²) in [6.07, 6.45) is 1.50. The van der Waals surface area contributed by atoms with Gasteiger partial charge in [-0.15, -0.1) is 11.3 Å². The van der Waals surface area contributed by atoms with Crippen molar-refractivity contribution in [2.24, 2.45) is 0 Å². The lowest BCUT2D eigenvalue weighted by Gasteiger charge is -2.14. The van der Waals surface area contributed by atoms with Crippen molar-refractivity contribution in [2.75, 3.05) is 12.4 Å². The second-order valence-corrected chi connectivity index (χ2v) is 6.91. The fourth-order valence-corrected chi connectivity index (χ4v) is 3.04. The van der Waals surface area contributed by atoms with Crippen molar-refractivity contribution in [1.82, 2.24) is 19.1 Å². The van der Waals surface area contributed by atoms with Gasteiger partial charge >= 0.3 is 17.3 Å². The van der Waals surface area contributed by atoms with Crippen molar-refractivity contribution < 1.29 is 9.53 Å². The Kier molecular flexibility index (Phi) is 5.99. The van der Waals surface area contributed by atoms with Crippen molar-refractivity contribution in [3.63, 3.8) is 0 Å². The second kappa shape index (κ2) is 8.61. The molecule has 28 heavy (non-hydrogen) atoms. The standard InChI is InChI=1S/C18H19N5O4S/c1-12-3-5-13(6-4-12)11-23-15(20-16-19-8-10-28-16)21-17(25)22(18(23)26)9-7-14(24)27-2/h3-6,8,10H,7,9,11H2,1-2H3,(H,19,20,21,25). The number of methoxy groups -OCH3 is 1. The predicted molar refractivity (Wildman–Crippen MR) is 105 cm³/mol. The molecule has 0 aliphatic rings. The molecule has 0 aliphatic carbocycles. The summed E-state index contributed by atoms with van der Waals surface area (Å²) in [6.45, 7) is 2.07. The predicted octanol–water partition coefficient (Wildman–Crippen LogP) is 1.52. The van der Waals surface area contributed by atoms with E-state index < -0.39 is 17.3 Å². The number of rotatable bonds is 7. The van der Waals surface area contributed by atoms with Crippen molar-refractivity contribution >= 4 is 28.4 Å². The zero-order valence-electron chi connectivity index (χ0n) is 15.4. The van der Waals surface area contributed by atoms with E-state index >= 15 is 0 Å². The number of benzene rings is 1. The normalized spacial score (nSPS) is 10.6. The van der Waals surface area contributed by atoms with E-state index in [1.165, 1.54) is 23.0 Å². The lowest BCUT2D eigenvalue weighted by atomic mass is 10.1. The number of esters is 1. The Hall–Kier alpha value is -3.27. The Balaban J connectivity index is 2.02. The molecule has 10 heteroatoms. The third kappa shape index (κ3) is 4.52. The van der Waals surface area contributed by atoms with Gasteiger partial charge in [0.25, 0.3) is 0 Å². The fourth-order valence-electron chi connectivity index (χ4n) is 2.52. The van der Waals surface area contributed by atoms with Crippen LogP contribution < -0.4 is 16.7 Å². The molecule has 0 amide bonds. The van der Waals surface area contributed by atoms with Gasteiger partial charge in [-0.25, -0.2) is 19.1 Å². The zero-order chi connectivity index (χ0) is 20.1. The van der Waals surface area contributed by atoms with Gasteiger partial charge in [0, 0.05) is 18.1 Å². The van der Waals surface area contributed by atoms with Gasteiger partial charge in [-0.2, -0.15) is 4.98 Å². The van der Waals surface area contributed by atoms with E-state index in [-0.39, 0.29) is 25.5 Å². The lowest BCUT2D eigenvalue weighted by molar-refractivity contribution is -0.140. The summed E-state index contributed by atoms with van der Waals surface area (Å²) >= 11 is 1.32. The Morgan fingerprint density at radius 3 is 2.61 bits per heavy atom. The molecule has 9 nitrogen and oxygen atoms in total. The van der Waals surface area contributed by atoms with Crippen LogP contribution in [0.3, 0.4) is 0 Å². The highest BCUT2D eigenvalue weighted by Gasteiger charge is 2.15. The first-order chi connectivity index (χ1) is 13.5. The van der Waals surface area contributed by atoms with Gasteiger partial charge in [0.1, 0.15) is 0 Å². The molecule has 146 valence electrons. The average Bonchev–Trinajstić information content (AvgIpc) is 3.19. The Bertz CT molecular complexity index is 1070. The lowest BCUT2D eigenvalue weighted by Crippen LogP contribution is -2.43. The molecule has 0 radical (unpaired) electrons. The molecule has 2 aromatic heterocycles. The Morgan fingerprint density at radius 1 is 1.21 bits per heavy atom. The second-order valence-electron chi connectivity index (χ2n) is 6.01. The highest BCUT2D eigenvalue weighted by Crippen LogP contribution is 2.16. The highest BCUT2D eigenvalue weighted by molar-refractivity contribution is 7.13. The van der Waals surface area contributed by atoms with Gasteiger partial charge in [0.05, 0.1) is 20.1 Å². The van der Waals surface area contributed by atoms with Crippen LogP contribution >= 0.6 is 11.3 Å². The molecule has 0 fully saturated rings. The molecule has 0 spiro atoms. The van der Waals surface area contributed by atoms with Crippen LogP contribution in [0.4, 0.5) is 11.1 Å². The van der Waals surface area contributed by atoms with Crippen LogP contribution in [0.2, 0.25) is 0 Å². The number of carbonyl (C=O) groups is 1. The number of nitrogens with one attached hydrogen (secondary N) is 1. The summed E-state index contributed by atoms with van der Waals surface area (Å²) in [5.74, 6) is -0.416. The number of hydrogen-bond acceptors (Lipinski definition) is 8. The molecule has 0 bridgehead atoms. The van der Waals surface area contributed by atoms with Crippen molar-refractivity contribution in [1.29, 1.82) is 0 Å². The van der Waals surface area contributed by atoms with Crippen molar-refractivity contribution in [2.45, 2.75) is 26.4 Å². The van der Waals surface area contributed by atoms with E-state index in [1.54, 1.807) is 11.6 Å². The van der Waals surface area contributed by atoms with Crippen LogP contribution in [-0.2, 0) is 22.6 Å². The van der Waals surface area contributed by atoms with Gasteiger partial charge in [-0.05, 0) is 12.5 Å². The summed E-state index contributed by atoms with van der Waals surface area (Å²) in [5, 5.41) is 5.20. The molecule has 2 heterocycles. The van der Waals surface area contributed by atoms with Gasteiger partial charge in [-0.1, -0.05) is 29.8 Å². The first-order valence-electron chi connectivity index (χ1n) is 8.48. The Labute approximate surface area is 164 Å². The molecule has 3 aromatic rings. The molecular weight excluding hydrogens is 382 g/mol. The SMILES string of the molecule is COC(=O)CCn1c(=O)nc(Nc2nccs2)n(Cc2ccc(C)cc2)c1=O. The largest absolute Gasteiger partial charge is 0.469 e. The number of thiazole rings is 1. The molecule has 0 atom stereocenters. The number of aromatic nitrogens is 4. The van der Waals surface area contributed by atoms with Crippen LogP contribution in [0.25, 0.3) is 0 Å². The van der Waals surface area contributed by atoms with Crippen LogP contribution in [0.5, 0.6) is 0 Å². The molecule has 0 aliphatic heterocycles. The first-order valence-corrected chi connectivity index (χ1v) is 9.36. The quantitative estimate of drug-likeness (QED) is 0.598. The smallest absolute Gasteiger partial charge is 0.354 e. The molecule has 0 unspecified atom stereocenters. The van der Waals surface area contributed by atoms with E-state index in [0.29, 0.717) is 5.13 Å². The van der Waals surface area contributed by atoms with E-state index in [1.807, 2.05) is 31.2 Å². The van der Waals surface area contributed by atoms with E-state index in [4.69, 9.17) is 0 Å². The number of hydrogen-bond donors (Lipinski definition) is 1. The summed E-state index contributed by atoms with van der Waals surface area (Å²) < 4.78 is 6.86. The molecular formula is C18H19N5O4S. The highest BCUT2D eigenvalue weighted by atomic mass is 32.1. The minimum Gasteiger partial charge on any atom is -0.469 e. The minimum atomic E-state index is -0.742. The first kappa shape index (κ1) is 19.5. The van der Waals surface area contributed by atoms with Gasteiger partial charge < -0.3 is 10.1 Å². The van der Waals surface area contributed by atoms with Crippen LogP contribution in [0.15, 0.2) is 45.4 Å². The number of carbonyl (C=O) groups excluding carboxylic acids is 1. The minimum absolute atomic E-state index is 0.0971. The zero-order valence-corrected chi connectivity index (χ0v) is 16.2. The van der Waals surface area contributed by atoms with Gasteiger partial charge in [-0.3, -0.25) is 9.36 Å².